The van der Waals surface area contributed by atoms with E-state index in [1.54, 1.807) is 25.3 Å². The van der Waals surface area contributed by atoms with E-state index in [0.717, 1.165) is 11.1 Å². The smallest absolute Gasteiger partial charge is 0.407 e. The van der Waals surface area contributed by atoms with E-state index in [9.17, 15) is 23.1 Å². The number of methoxy groups -OCH3 is 1. The van der Waals surface area contributed by atoms with Crippen molar-refractivity contribution in [2.45, 2.75) is 49.2 Å². The van der Waals surface area contributed by atoms with E-state index in [1.165, 1.54) is 42.0 Å². The summed E-state index contributed by atoms with van der Waals surface area (Å²) in [4.78, 5) is 35.2. The number of ether oxygens (including phenoxy) is 1. The van der Waals surface area contributed by atoms with Crippen LogP contribution in [0.25, 0.3) is 0 Å². The minimum absolute atomic E-state index is 0.0258. The Kier molecular flexibility index (Phi) is 12.7. The number of alkyl carbamates (subject to hydrolysis) is 1. The van der Waals surface area contributed by atoms with Crippen LogP contribution in [0, 0.1) is 6.92 Å². The summed E-state index contributed by atoms with van der Waals surface area (Å²) < 4.78 is 34.4. The molecule has 13 heteroatoms. The third kappa shape index (κ3) is 9.18. The van der Waals surface area contributed by atoms with Crippen LogP contribution in [-0.2, 0) is 32.5 Å². The molecular weight excluding hydrogens is 681 g/mol. The number of nitrogens with one attached hydrogen (secondary N) is 2. The zero-order valence-corrected chi connectivity index (χ0v) is 29.7. The van der Waals surface area contributed by atoms with Crippen LogP contribution >= 0.6 is 0 Å². The number of aliphatic hydroxyl groups is 1. The normalized spacial score (nSPS) is 12.6. The number of carbonyl (C=O) groups excluding carboxylic acids is 2. The molecule has 0 spiro atoms. The number of nitrogen functional groups attached to an aromatic ring is 1. The predicted molar refractivity (Wildman–Crippen MR) is 199 cm³/mol. The molecule has 0 saturated heterocycles. The van der Waals surface area contributed by atoms with Crippen molar-refractivity contribution in [3.63, 3.8) is 0 Å². The van der Waals surface area contributed by atoms with Gasteiger partial charge in [-0.2, -0.15) is 4.31 Å². The van der Waals surface area contributed by atoms with Crippen LogP contribution in [0.1, 0.15) is 40.3 Å². The molecule has 2 amide bonds. The summed E-state index contributed by atoms with van der Waals surface area (Å²) in [6.07, 6.45) is 2.67. The Bertz CT molecular complexity index is 2010. The highest BCUT2D eigenvalue weighted by molar-refractivity contribution is 7.89. The van der Waals surface area contributed by atoms with E-state index in [1.807, 2.05) is 72.8 Å². The fourth-order valence-electron chi connectivity index (χ4n) is 6.03. The minimum atomic E-state index is -4.12. The number of amides is 2. The number of hydrogen-bond donors (Lipinski definition) is 4. The number of nitrogens with zero attached hydrogens (tertiary/aromatic N) is 3. The van der Waals surface area contributed by atoms with Gasteiger partial charge >= 0.3 is 6.09 Å². The Balaban J connectivity index is 1.44. The first-order chi connectivity index (χ1) is 25.1. The molecule has 52 heavy (non-hydrogen) atoms. The molecule has 0 unspecified atom stereocenters. The maximum atomic E-state index is 14.2. The van der Waals surface area contributed by atoms with E-state index >= 15 is 0 Å². The highest BCUT2D eigenvalue weighted by atomic mass is 32.2. The van der Waals surface area contributed by atoms with Crippen molar-refractivity contribution in [1.29, 1.82) is 0 Å². The number of rotatable bonds is 15. The van der Waals surface area contributed by atoms with Crippen molar-refractivity contribution >= 4 is 33.4 Å². The molecule has 0 radical (unpaired) electrons. The van der Waals surface area contributed by atoms with Crippen molar-refractivity contribution in [3.05, 3.63) is 150 Å². The average molecular weight is 723 g/mol. The molecule has 270 valence electrons. The SMILES string of the molecule is COC(=O)N[C@H](C(=O)Nc1ccccc1CC[C@@H](CO)N(Cc1cncnc1C)S(=O)(=O)c1ccc(N)cc1)C(c1ccccc1)c1ccccc1. The predicted octanol–water partition coefficient (Wildman–Crippen LogP) is 5.05. The number of para-hydroxylation sites is 1. The molecule has 1 aromatic heterocycles. The summed E-state index contributed by atoms with van der Waals surface area (Å²) in [7, 11) is -2.89. The molecule has 1 heterocycles. The lowest BCUT2D eigenvalue weighted by Gasteiger charge is -2.30. The summed E-state index contributed by atoms with van der Waals surface area (Å²) in [5.74, 6) is -1.05. The van der Waals surface area contributed by atoms with Crippen LogP contribution in [-0.4, -0.2) is 65.6 Å². The van der Waals surface area contributed by atoms with E-state index in [2.05, 4.69) is 20.6 Å². The number of carbonyl (C=O) groups is 2. The van der Waals surface area contributed by atoms with Crippen LogP contribution < -0.4 is 16.4 Å². The van der Waals surface area contributed by atoms with Crippen LogP contribution in [0.4, 0.5) is 16.2 Å². The lowest BCUT2D eigenvalue weighted by atomic mass is 9.84. The van der Waals surface area contributed by atoms with Crippen molar-refractivity contribution in [1.82, 2.24) is 19.6 Å². The van der Waals surface area contributed by atoms with Gasteiger partial charge in [-0.1, -0.05) is 78.9 Å². The molecule has 0 aliphatic carbocycles. The van der Waals surface area contributed by atoms with Crippen molar-refractivity contribution in [2.75, 3.05) is 24.8 Å². The molecule has 5 rings (SSSR count). The number of aliphatic hydroxyl groups excluding tert-OH is 1. The van der Waals surface area contributed by atoms with E-state index in [-0.39, 0.29) is 24.3 Å². The third-order valence-corrected chi connectivity index (χ3v) is 10.8. The number of hydrogen-bond acceptors (Lipinski definition) is 9. The summed E-state index contributed by atoms with van der Waals surface area (Å²) in [5.41, 5.74) is 10.2. The molecule has 5 aromatic rings. The van der Waals surface area contributed by atoms with Gasteiger partial charge < -0.3 is 26.2 Å². The molecule has 5 N–H and O–H groups in total. The van der Waals surface area contributed by atoms with Gasteiger partial charge in [0, 0.05) is 47.3 Å². The second-order valence-electron chi connectivity index (χ2n) is 12.2. The number of anilines is 2. The second kappa shape index (κ2) is 17.5. The number of nitrogens with two attached hydrogens (primary N) is 1. The van der Waals surface area contributed by atoms with Gasteiger partial charge in [0.2, 0.25) is 15.9 Å². The molecule has 2 atom stereocenters. The second-order valence-corrected chi connectivity index (χ2v) is 14.1. The molecular formula is C39H42N6O6S. The van der Waals surface area contributed by atoms with Crippen LogP contribution in [0.5, 0.6) is 0 Å². The average Bonchev–Trinajstić information content (AvgIpc) is 3.16. The summed E-state index contributed by atoms with van der Waals surface area (Å²) in [6.45, 7) is 1.21. The fourth-order valence-corrected chi connectivity index (χ4v) is 7.66. The quantitative estimate of drug-likeness (QED) is 0.108. The molecule has 0 aliphatic rings. The molecule has 0 saturated carbocycles. The van der Waals surface area contributed by atoms with E-state index < -0.39 is 46.6 Å². The van der Waals surface area contributed by atoms with E-state index in [4.69, 9.17) is 10.5 Å². The van der Waals surface area contributed by atoms with Crippen molar-refractivity contribution in [3.8, 4) is 0 Å². The summed E-state index contributed by atoms with van der Waals surface area (Å²) >= 11 is 0. The highest BCUT2D eigenvalue weighted by Gasteiger charge is 2.34. The Morgan fingerprint density at radius 2 is 1.50 bits per heavy atom. The number of aryl methyl sites for hydroxylation is 2. The van der Waals surface area contributed by atoms with Gasteiger partial charge in [-0.05, 0) is 66.8 Å². The van der Waals surface area contributed by atoms with Gasteiger partial charge in [0.15, 0.2) is 0 Å². The maximum absolute atomic E-state index is 14.2. The first-order valence-corrected chi connectivity index (χ1v) is 18.1. The van der Waals surface area contributed by atoms with Gasteiger partial charge in [-0.3, -0.25) is 4.79 Å². The van der Waals surface area contributed by atoms with Gasteiger partial charge in [-0.25, -0.2) is 23.2 Å². The Morgan fingerprint density at radius 1 is 0.885 bits per heavy atom. The van der Waals surface area contributed by atoms with Crippen LogP contribution in [0.2, 0.25) is 0 Å². The van der Waals surface area contributed by atoms with Crippen LogP contribution in [0.3, 0.4) is 0 Å². The van der Waals surface area contributed by atoms with Gasteiger partial charge in [0.1, 0.15) is 12.4 Å². The minimum Gasteiger partial charge on any atom is -0.453 e. The first-order valence-electron chi connectivity index (χ1n) is 16.7. The Morgan fingerprint density at radius 3 is 2.10 bits per heavy atom. The summed E-state index contributed by atoms with van der Waals surface area (Å²) in [5, 5.41) is 16.4. The van der Waals surface area contributed by atoms with Gasteiger partial charge in [-0.15, -0.1) is 0 Å². The van der Waals surface area contributed by atoms with Crippen molar-refractivity contribution < 1.29 is 27.9 Å². The molecule has 4 aromatic carbocycles. The number of benzene rings is 4. The Labute approximate surface area is 303 Å². The maximum Gasteiger partial charge on any atom is 0.407 e. The Hall–Kier alpha value is -5.63. The lowest BCUT2D eigenvalue weighted by molar-refractivity contribution is -0.118. The molecule has 0 fully saturated rings. The van der Waals surface area contributed by atoms with Gasteiger partial charge in [0.25, 0.3) is 0 Å². The molecule has 0 bridgehead atoms. The number of aromatic nitrogens is 2. The lowest BCUT2D eigenvalue weighted by Crippen LogP contribution is -2.48. The highest BCUT2D eigenvalue weighted by Crippen LogP contribution is 2.30. The monoisotopic (exact) mass is 722 g/mol. The third-order valence-electron chi connectivity index (χ3n) is 8.86. The zero-order chi connectivity index (χ0) is 37.1. The molecule has 12 nitrogen and oxygen atoms in total. The fraction of sp³-hybridized carbons (Fsp3) is 0.231. The largest absolute Gasteiger partial charge is 0.453 e. The summed E-state index contributed by atoms with van der Waals surface area (Å²) in [6, 6.07) is 29.9. The first kappa shape index (κ1) is 37.6. The van der Waals surface area contributed by atoms with Gasteiger partial charge in [0.05, 0.1) is 18.6 Å². The number of sulfonamides is 1. The van der Waals surface area contributed by atoms with Crippen molar-refractivity contribution in [2.24, 2.45) is 0 Å². The molecule has 0 aliphatic heterocycles. The van der Waals surface area contributed by atoms with Crippen LogP contribution in [0.15, 0.2) is 127 Å². The topological polar surface area (TPSA) is 177 Å². The zero-order valence-electron chi connectivity index (χ0n) is 28.9. The standard InChI is InChI=1S/C39H42N6O6S/c1-27-31(23-41-26-42-27)24-45(52(49,50)34-21-18-32(40)19-22-34)33(25-46)20-17-28-11-9-10-16-35(28)43-38(47)37(44-39(48)51-2)36(29-12-5-3-6-13-29)30-14-7-4-8-15-30/h3-16,18-19,21-23,26,33,36-37,46H,17,20,24-25,40H2,1-2H3,(H,43,47)(H,44,48)/t33-,37-/m0/s1. The van der Waals surface area contributed by atoms with E-state index in [0.29, 0.717) is 28.2 Å².